The van der Waals surface area contributed by atoms with Crippen LogP contribution in [-0.4, -0.2) is 26.0 Å². The molecule has 25 heavy (non-hydrogen) atoms. The normalized spacial score (nSPS) is 10.1. The first kappa shape index (κ1) is 18.3. The van der Waals surface area contributed by atoms with E-state index < -0.39 is 17.6 Å². The van der Waals surface area contributed by atoms with Gasteiger partial charge in [0.2, 0.25) is 0 Å². The first-order valence-corrected chi connectivity index (χ1v) is 7.51. The average molecular weight is 346 g/mol. The van der Waals surface area contributed by atoms with Crippen molar-refractivity contribution in [2.45, 2.75) is 13.5 Å². The van der Waals surface area contributed by atoms with E-state index in [2.05, 4.69) is 10.6 Å². The predicted molar refractivity (Wildman–Crippen MR) is 91.2 cm³/mol. The summed E-state index contributed by atoms with van der Waals surface area (Å²) in [5, 5.41) is 4.73. The highest BCUT2D eigenvalue weighted by Gasteiger charge is 2.18. The summed E-state index contributed by atoms with van der Waals surface area (Å²) in [6.45, 7) is 2.11. The van der Waals surface area contributed by atoms with Gasteiger partial charge in [-0.3, -0.25) is 9.59 Å². The molecule has 0 unspecified atom stereocenters. The molecule has 2 aromatic rings. The van der Waals surface area contributed by atoms with Crippen LogP contribution in [0.5, 0.6) is 11.5 Å². The van der Waals surface area contributed by atoms with Gasteiger partial charge in [0.1, 0.15) is 0 Å². The standard InChI is InChI=1S/C18H19FN2O4/c1-11-6-4-5-7-12(11)10-20-17(22)18(23)21-14-9-16(25-3)15(24-2)8-13(14)19/h4-9H,10H2,1-3H3,(H,20,22)(H,21,23). The third-order valence-corrected chi connectivity index (χ3v) is 3.63. The SMILES string of the molecule is COc1cc(F)c(NC(=O)C(=O)NCc2ccccc2C)cc1OC. The van der Waals surface area contributed by atoms with Crippen molar-refractivity contribution in [1.29, 1.82) is 0 Å². The molecule has 0 saturated heterocycles. The second-order valence-corrected chi connectivity index (χ2v) is 5.25. The lowest BCUT2D eigenvalue weighted by Crippen LogP contribution is -2.35. The van der Waals surface area contributed by atoms with Gasteiger partial charge in [-0.05, 0) is 18.1 Å². The fourth-order valence-electron chi connectivity index (χ4n) is 2.19. The monoisotopic (exact) mass is 346 g/mol. The van der Waals surface area contributed by atoms with E-state index in [0.29, 0.717) is 0 Å². The van der Waals surface area contributed by atoms with Gasteiger partial charge in [0.05, 0.1) is 19.9 Å². The van der Waals surface area contributed by atoms with E-state index >= 15 is 0 Å². The van der Waals surface area contributed by atoms with Crippen LogP contribution in [0.3, 0.4) is 0 Å². The minimum atomic E-state index is -0.972. The molecular formula is C18H19FN2O4. The van der Waals surface area contributed by atoms with Gasteiger partial charge in [0.25, 0.3) is 0 Å². The quantitative estimate of drug-likeness (QED) is 0.815. The zero-order valence-corrected chi connectivity index (χ0v) is 14.2. The van der Waals surface area contributed by atoms with Crippen LogP contribution in [-0.2, 0) is 16.1 Å². The molecule has 2 N–H and O–H groups in total. The molecule has 0 atom stereocenters. The van der Waals surface area contributed by atoms with Crippen LogP contribution in [0.4, 0.5) is 10.1 Å². The van der Waals surface area contributed by atoms with Crippen LogP contribution in [0.15, 0.2) is 36.4 Å². The van der Waals surface area contributed by atoms with E-state index in [-0.39, 0.29) is 23.7 Å². The second kappa shape index (κ2) is 8.14. The Kier molecular flexibility index (Phi) is 5.94. The molecule has 0 aromatic heterocycles. The number of carbonyl (C=O) groups is 2. The molecule has 132 valence electrons. The van der Waals surface area contributed by atoms with Gasteiger partial charge >= 0.3 is 11.8 Å². The van der Waals surface area contributed by atoms with E-state index in [9.17, 15) is 14.0 Å². The highest BCUT2D eigenvalue weighted by atomic mass is 19.1. The van der Waals surface area contributed by atoms with Crippen LogP contribution in [0.1, 0.15) is 11.1 Å². The van der Waals surface area contributed by atoms with Crippen molar-refractivity contribution >= 4 is 17.5 Å². The molecule has 6 nitrogen and oxygen atoms in total. The van der Waals surface area contributed by atoms with Crippen molar-refractivity contribution in [1.82, 2.24) is 5.32 Å². The molecular weight excluding hydrogens is 327 g/mol. The second-order valence-electron chi connectivity index (χ2n) is 5.25. The molecule has 0 radical (unpaired) electrons. The van der Waals surface area contributed by atoms with Gasteiger partial charge in [-0.25, -0.2) is 4.39 Å². The Morgan fingerprint density at radius 1 is 1.04 bits per heavy atom. The van der Waals surface area contributed by atoms with Crippen molar-refractivity contribution < 1.29 is 23.5 Å². The zero-order valence-electron chi connectivity index (χ0n) is 14.2. The molecule has 0 fully saturated rings. The zero-order chi connectivity index (χ0) is 18.4. The van der Waals surface area contributed by atoms with Gasteiger partial charge in [0.15, 0.2) is 17.3 Å². The topological polar surface area (TPSA) is 76.7 Å². The summed E-state index contributed by atoms with van der Waals surface area (Å²) in [7, 11) is 2.75. The maximum Gasteiger partial charge on any atom is 0.313 e. The Morgan fingerprint density at radius 2 is 1.68 bits per heavy atom. The van der Waals surface area contributed by atoms with Crippen molar-refractivity contribution in [3.63, 3.8) is 0 Å². The Bertz CT molecular complexity index is 793. The lowest BCUT2D eigenvalue weighted by molar-refractivity contribution is -0.136. The lowest BCUT2D eigenvalue weighted by atomic mass is 10.1. The molecule has 0 aliphatic heterocycles. The number of hydrogen-bond donors (Lipinski definition) is 2. The minimum absolute atomic E-state index is 0.173. The van der Waals surface area contributed by atoms with Crippen LogP contribution >= 0.6 is 0 Å². The molecule has 2 amide bonds. The van der Waals surface area contributed by atoms with E-state index in [1.807, 2.05) is 31.2 Å². The van der Waals surface area contributed by atoms with Gasteiger partial charge in [-0.15, -0.1) is 0 Å². The maximum absolute atomic E-state index is 14.0. The predicted octanol–water partition coefficient (Wildman–Crippen LogP) is 2.41. The first-order chi connectivity index (χ1) is 12.0. The number of carbonyl (C=O) groups excluding carboxylic acids is 2. The fourth-order valence-corrected chi connectivity index (χ4v) is 2.19. The van der Waals surface area contributed by atoms with Crippen LogP contribution < -0.4 is 20.1 Å². The number of methoxy groups -OCH3 is 2. The summed E-state index contributed by atoms with van der Waals surface area (Å²) in [6, 6.07) is 9.79. The third-order valence-electron chi connectivity index (χ3n) is 3.63. The number of rotatable bonds is 5. The van der Waals surface area contributed by atoms with E-state index in [1.54, 1.807) is 0 Å². The Hall–Kier alpha value is -3.09. The molecule has 0 bridgehead atoms. The van der Waals surface area contributed by atoms with Crippen LogP contribution in [0.2, 0.25) is 0 Å². The highest BCUT2D eigenvalue weighted by molar-refractivity contribution is 6.39. The molecule has 2 aromatic carbocycles. The fraction of sp³-hybridized carbons (Fsp3) is 0.222. The van der Waals surface area contributed by atoms with Crippen molar-refractivity contribution in [3.05, 3.63) is 53.3 Å². The van der Waals surface area contributed by atoms with Crippen LogP contribution in [0.25, 0.3) is 0 Å². The summed E-state index contributed by atoms with van der Waals surface area (Å²) in [6.07, 6.45) is 0. The molecule has 0 heterocycles. The summed E-state index contributed by atoms with van der Waals surface area (Å²) in [5.74, 6) is -2.16. The number of ether oxygens (including phenoxy) is 2. The molecule has 0 saturated carbocycles. The largest absolute Gasteiger partial charge is 0.493 e. The molecule has 0 aliphatic carbocycles. The van der Waals surface area contributed by atoms with E-state index in [4.69, 9.17) is 9.47 Å². The number of aryl methyl sites for hydroxylation is 1. The molecule has 7 heteroatoms. The molecule has 0 spiro atoms. The van der Waals surface area contributed by atoms with Crippen molar-refractivity contribution in [3.8, 4) is 11.5 Å². The van der Waals surface area contributed by atoms with E-state index in [1.165, 1.54) is 20.3 Å². The number of benzene rings is 2. The van der Waals surface area contributed by atoms with Gasteiger partial charge in [0, 0.05) is 18.7 Å². The van der Waals surface area contributed by atoms with Gasteiger partial charge < -0.3 is 20.1 Å². The van der Waals surface area contributed by atoms with Crippen LogP contribution in [0, 0.1) is 12.7 Å². The average Bonchev–Trinajstić information content (AvgIpc) is 2.61. The first-order valence-electron chi connectivity index (χ1n) is 7.51. The molecule has 0 aliphatic rings. The van der Waals surface area contributed by atoms with Crippen molar-refractivity contribution in [2.75, 3.05) is 19.5 Å². The van der Waals surface area contributed by atoms with Crippen molar-refractivity contribution in [2.24, 2.45) is 0 Å². The summed E-state index contributed by atoms with van der Waals surface area (Å²) >= 11 is 0. The number of anilines is 1. The van der Waals surface area contributed by atoms with Gasteiger partial charge in [-0.2, -0.15) is 0 Å². The summed E-state index contributed by atoms with van der Waals surface area (Å²) in [4.78, 5) is 23.9. The van der Waals surface area contributed by atoms with Gasteiger partial charge in [-0.1, -0.05) is 24.3 Å². The minimum Gasteiger partial charge on any atom is -0.493 e. The smallest absolute Gasteiger partial charge is 0.313 e. The lowest BCUT2D eigenvalue weighted by Gasteiger charge is -2.12. The van der Waals surface area contributed by atoms with E-state index in [0.717, 1.165) is 17.2 Å². The summed E-state index contributed by atoms with van der Waals surface area (Å²) < 4.78 is 24.0. The summed E-state index contributed by atoms with van der Waals surface area (Å²) in [5.41, 5.74) is 1.71. The Morgan fingerprint density at radius 3 is 2.32 bits per heavy atom. The number of amides is 2. The number of halogens is 1. The Balaban J connectivity index is 2.04. The maximum atomic E-state index is 14.0. The Labute approximate surface area is 144 Å². The number of nitrogens with one attached hydrogen (secondary N) is 2. The third kappa shape index (κ3) is 4.47. The number of hydrogen-bond acceptors (Lipinski definition) is 4. The highest BCUT2D eigenvalue weighted by Crippen LogP contribution is 2.32. The molecule has 2 rings (SSSR count).